The molecule has 0 saturated carbocycles. The molecule has 88 valence electrons. The van der Waals surface area contributed by atoms with Crippen molar-refractivity contribution in [2.75, 3.05) is 0 Å². The van der Waals surface area contributed by atoms with Gasteiger partial charge in [0.15, 0.2) is 0 Å². The highest BCUT2D eigenvalue weighted by atomic mass is 16.2. The molecule has 3 atom stereocenters. The quantitative estimate of drug-likeness (QED) is 0.693. The van der Waals surface area contributed by atoms with Crippen LogP contribution in [0.15, 0.2) is 0 Å². The molecule has 0 aromatic carbocycles. The van der Waals surface area contributed by atoms with Crippen LogP contribution in [0.5, 0.6) is 0 Å². The Morgan fingerprint density at radius 2 is 2.19 bits per heavy atom. The molecular weight excluding hydrogens is 204 g/mol. The van der Waals surface area contributed by atoms with Crippen molar-refractivity contribution >= 4 is 11.8 Å². The third-order valence-electron chi connectivity index (χ3n) is 3.27. The summed E-state index contributed by atoms with van der Waals surface area (Å²) in [5, 5.41) is 2.75. The largest absolute Gasteiger partial charge is 0.340 e. The minimum absolute atomic E-state index is 0.104. The first kappa shape index (κ1) is 12.6. The third kappa shape index (κ3) is 1.78. The van der Waals surface area contributed by atoms with Crippen LogP contribution in [0.3, 0.4) is 0 Å². The van der Waals surface area contributed by atoms with Crippen LogP contribution in [0.4, 0.5) is 0 Å². The molecule has 1 heterocycles. The molecule has 1 saturated heterocycles. The Morgan fingerprint density at radius 3 is 2.62 bits per heavy atom. The highest BCUT2D eigenvalue weighted by Crippen LogP contribution is 2.22. The van der Waals surface area contributed by atoms with E-state index in [2.05, 4.69) is 11.2 Å². The van der Waals surface area contributed by atoms with Crippen molar-refractivity contribution in [3.8, 4) is 12.3 Å². The van der Waals surface area contributed by atoms with Gasteiger partial charge < -0.3 is 10.2 Å². The maximum absolute atomic E-state index is 12.3. The Labute approximate surface area is 96.4 Å². The molecule has 0 bridgehead atoms. The van der Waals surface area contributed by atoms with Crippen molar-refractivity contribution in [3.63, 3.8) is 0 Å². The van der Waals surface area contributed by atoms with Crippen LogP contribution >= 0.6 is 0 Å². The van der Waals surface area contributed by atoms with E-state index < -0.39 is 11.6 Å². The predicted molar refractivity (Wildman–Crippen MR) is 61.4 cm³/mol. The number of nitrogens with zero attached hydrogens (tertiary/aromatic N) is 1. The van der Waals surface area contributed by atoms with Gasteiger partial charge >= 0.3 is 0 Å². The zero-order valence-corrected chi connectivity index (χ0v) is 10.2. The van der Waals surface area contributed by atoms with Crippen LogP contribution in [0, 0.1) is 12.3 Å². The second-order valence-electron chi connectivity index (χ2n) is 4.41. The highest BCUT2D eigenvalue weighted by molar-refractivity contribution is 5.99. The van der Waals surface area contributed by atoms with E-state index in [-0.39, 0.29) is 17.9 Å². The Balaban J connectivity index is 3.11. The average Bonchev–Trinajstić information content (AvgIpc) is 2.26. The lowest BCUT2D eigenvalue weighted by Crippen LogP contribution is -2.69. The van der Waals surface area contributed by atoms with Crippen molar-refractivity contribution in [2.24, 2.45) is 0 Å². The maximum Gasteiger partial charge on any atom is 0.249 e. The van der Waals surface area contributed by atoms with Crippen molar-refractivity contribution < 1.29 is 9.59 Å². The summed E-state index contributed by atoms with van der Waals surface area (Å²) in [6.07, 6.45) is 5.88. The lowest BCUT2D eigenvalue weighted by atomic mass is 9.91. The van der Waals surface area contributed by atoms with Crippen molar-refractivity contribution in [1.82, 2.24) is 10.2 Å². The van der Waals surface area contributed by atoms with E-state index in [4.69, 9.17) is 6.42 Å². The fraction of sp³-hybridized carbons (Fsp3) is 0.667. The average molecular weight is 222 g/mol. The number of hydrogen-bond donors (Lipinski definition) is 1. The molecule has 16 heavy (non-hydrogen) atoms. The van der Waals surface area contributed by atoms with Gasteiger partial charge in [0.05, 0.1) is 6.04 Å². The van der Waals surface area contributed by atoms with Crippen molar-refractivity contribution in [3.05, 3.63) is 0 Å². The number of hydrogen-bond acceptors (Lipinski definition) is 2. The van der Waals surface area contributed by atoms with Gasteiger partial charge in [-0.05, 0) is 27.2 Å². The number of carbonyl (C=O) groups excluding carboxylic acids is 2. The molecule has 1 fully saturated rings. The second-order valence-corrected chi connectivity index (χ2v) is 4.41. The minimum Gasteiger partial charge on any atom is -0.340 e. The SMILES string of the molecule is C#CC(C)N1C(=O)C(C)(CC)NC(=O)C1C. The molecule has 2 amide bonds. The molecule has 0 spiro atoms. The van der Waals surface area contributed by atoms with Gasteiger partial charge in [-0.2, -0.15) is 0 Å². The molecule has 0 aliphatic carbocycles. The maximum atomic E-state index is 12.3. The molecular formula is C12H18N2O2. The summed E-state index contributed by atoms with van der Waals surface area (Å²) in [5.41, 5.74) is -0.825. The molecule has 1 N–H and O–H groups in total. The van der Waals surface area contributed by atoms with E-state index in [1.54, 1.807) is 20.8 Å². The topological polar surface area (TPSA) is 49.4 Å². The number of amides is 2. The van der Waals surface area contributed by atoms with Crippen LogP contribution in [0.1, 0.15) is 34.1 Å². The minimum atomic E-state index is -0.825. The molecule has 4 nitrogen and oxygen atoms in total. The molecule has 1 aliphatic heterocycles. The van der Waals surface area contributed by atoms with E-state index in [9.17, 15) is 9.59 Å². The summed E-state index contributed by atoms with van der Waals surface area (Å²) >= 11 is 0. The van der Waals surface area contributed by atoms with Crippen molar-refractivity contribution in [2.45, 2.75) is 51.7 Å². The fourth-order valence-corrected chi connectivity index (χ4v) is 1.85. The molecule has 1 aliphatic rings. The van der Waals surface area contributed by atoms with E-state index >= 15 is 0 Å². The van der Waals surface area contributed by atoms with Crippen LogP contribution in [0.2, 0.25) is 0 Å². The van der Waals surface area contributed by atoms with Gasteiger partial charge in [0, 0.05) is 0 Å². The normalized spacial score (nSPS) is 31.9. The zero-order valence-electron chi connectivity index (χ0n) is 10.2. The molecule has 0 aromatic rings. The first-order valence-electron chi connectivity index (χ1n) is 5.48. The Kier molecular flexibility index (Phi) is 3.27. The van der Waals surface area contributed by atoms with Gasteiger partial charge in [-0.25, -0.2) is 0 Å². The van der Waals surface area contributed by atoms with Gasteiger partial charge in [-0.1, -0.05) is 12.8 Å². The summed E-state index contributed by atoms with van der Waals surface area (Å²) < 4.78 is 0. The van der Waals surface area contributed by atoms with Gasteiger partial charge in [-0.15, -0.1) is 6.42 Å². The number of piperazine rings is 1. The Morgan fingerprint density at radius 1 is 1.62 bits per heavy atom. The van der Waals surface area contributed by atoms with Crippen LogP contribution in [-0.4, -0.2) is 34.3 Å². The number of terminal acetylenes is 1. The van der Waals surface area contributed by atoms with Crippen LogP contribution in [-0.2, 0) is 9.59 Å². The smallest absolute Gasteiger partial charge is 0.249 e. The zero-order chi connectivity index (χ0) is 12.5. The van der Waals surface area contributed by atoms with Gasteiger partial charge in [0.2, 0.25) is 11.8 Å². The summed E-state index contributed by atoms with van der Waals surface area (Å²) in [6.45, 7) is 7.04. The standard InChI is InChI=1S/C12H18N2O2/c1-6-8(3)14-9(4)10(15)13-12(5,7-2)11(14)16/h1,8-9H,7H2,2-5H3,(H,13,15). The molecule has 4 heteroatoms. The molecule has 1 rings (SSSR count). The molecule has 0 aromatic heterocycles. The third-order valence-corrected chi connectivity index (χ3v) is 3.27. The first-order valence-corrected chi connectivity index (χ1v) is 5.48. The van der Waals surface area contributed by atoms with E-state index in [0.29, 0.717) is 6.42 Å². The highest BCUT2D eigenvalue weighted by Gasteiger charge is 2.46. The van der Waals surface area contributed by atoms with Crippen molar-refractivity contribution in [1.29, 1.82) is 0 Å². The van der Waals surface area contributed by atoms with E-state index in [1.807, 2.05) is 6.92 Å². The summed E-state index contributed by atoms with van der Waals surface area (Å²) in [6, 6.07) is -0.863. The predicted octanol–water partition coefficient (Wildman–Crippen LogP) is 0.524. The summed E-state index contributed by atoms with van der Waals surface area (Å²) in [7, 11) is 0. The Bertz CT molecular complexity index is 359. The summed E-state index contributed by atoms with van der Waals surface area (Å²) in [4.78, 5) is 25.5. The van der Waals surface area contributed by atoms with Gasteiger partial charge in [0.25, 0.3) is 0 Å². The number of rotatable bonds is 2. The lowest BCUT2D eigenvalue weighted by molar-refractivity contribution is -0.154. The number of carbonyl (C=O) groups is 2. The van der Waals surface area contributed by atoms with Gasteiger partial charge in [0.1, 0.15) is 11.6 Å². The second kappa shape index (κ2) is 4.17. The first-order chi connectivity index (χ1) is 7.37. The van der Waals surface area contributed by atoms with Gasteiger partial charge in [-0.3, -0.25) is 9.59 Å². The van der Waals surface area contributed by atoms with E-state index in [0.717, 1.165) is 0 Å². The van der Waals surface area contributed by atoms with Crippen LogP contribution < -0.4 is 5.32 Å². The monoisotopic (exact) mass is 222 g/mol. The van der Waals surface area contributed by atoms with Crippen LogP contribution in [0.25, 0.3) is 0 Å². The fourth-order valence-electron chi connectivity index (χ4n) is 1.85. The Hall–Kier alpha value is -1.50. The molecule has 0 radical (unpaired) electrons. The number of nitrogens with one attached hydrogen (secondary N) is 1. The summed E-state index contributed by atoms with van der Waals surface area (Å²) in [5.74, 6) is 2.25. The van der Waals surface area contributed by atoms with E-state index in [1.165, 1.54) is 4.90 Å². The lowest BCUT2D eigenvalue weighted by Gasteiger charge is -2.44. The molecule has 3 unspecified atom stereocenters.